The zero-order valence-corrected chi connectivity index (χ0v) is 13.7. The van der Waals surface area contributed by atoms with Gasteiger partial charge in [-0.15, -0.1) is 0 Å². The van der Waals surface area contributed by atoms with Crippen molar-refractivity contribution in [2.45, 2.75) is 33.3 Å². The molecule has 1 saturated heterocycles. The monoisotopic (exact) mass is 325 g/mol. The van der Waals surface area contributed by atoms with Gasteiger partial charge in [0.2, 0.25) is 0 Å². The molecule has 0 saturated carbocycles. The van der Waals surface area contributed by atoms with Crippen LogP contribution in [0.15, 0.2) is 18.2 Å². The first kappa shape index (κ1) is 16.6. The minimum Gasteiger partial charge on any atom is -0.481 e. The fourth-order valence-electron chi connectivity index (χ4n) is 2.52. The number of carbonyl (C=O) groups excluding carboxylic acids is 1. The molecule has 1 heterocycles. The molecule has 1 aromatic carbocycles. The van der Waals surface area contributed by atoms with Crippen molar-refractivity contribution < 1.29 is 19.4 Å². The van der Waals surface area contributed by atoms with Crippen molar-refractivity contribution >= 4 is 23.5 Å². The molecule has 1 fully saturated rings. The number of aryl methyl sites for hydroxylation is 1. The molecule has 1 aliphatic heterocycles. The van der Waals surface area contributed by atoms with E-state index in [0.717, 1.165) is 5.56 Å². The molecule has 2 rings (SSSR count). The van der Waals surface area contributed by atoms with E-state index in [1.807, 2.05) is 13.0 Å². The van der Waals surface area contributed by atoms with Crippen LogP contribution in [0.3, 0.4) is 0 Å². The van der Waals surface area contributed by atoms with Crippen LogP contribution in [0.5, 0.6) is 5.75 Å². The van der Waals surface area contributed by atoms with Crippen molar-refractivity contribution in [3.63, 3.8) is 0 Å². The van der Waals surface area contributed by atoms with E-state index in [2.05, 4.69) is 0 Å². The minimum absolute atomic E-state index is 0.205. The molecule has 1 N–H and O–H groups in total. The lowest BCUT2D eigenvalue weighted by Crippen LogP contribution is -2.41. The van der Waals surface area contributed by atoms with Crippen LogP contribution in [0.1, 0.15) is 25.8 Å². The number of carbonyl (C=O) groups is 2. The Hall–Kier alpha value is -1.75. The van der Waals surface area contributed by atoms with Gasteiger partial charge in [-0.1, -0.05) is 17.7 Å². The largest absolute Gasteiger partial charge is 0.481 e. The lowest BCUT2D eigenvalue weighted by atomic mass is 9.90. The first-order valence-corrected chi connectivity index (χ1v) is 7.56. The third-order valence-electron chi connectivity index (χ3n) is 4.04. The van der Waals surface area contributed by atoms with Gasteiger partial charge in [0.05, 0.1) is 10.4 Å². The zero-order valence-electron chi connectivity index (χ0n) is 12.9. The molecule has 0 bridgehead atoms. The molecule has 0 radical (unpaired) electrons. The highest BCUT2D eigenvalue weighted by Gasteiger charge is 2.43. The average molecular weight is 326 g/mol. The molecule has 1 aromatic rings. The summed E-state index contributed by atoms with van der Waals surface area (Å²) in [6.07, 6.45) is -0.262. The second kappa shape index (κ2) is 6.16. The number of ether oxygens (including phenoxy) is 1. The number of benzene rings is 1. The molecule has 120 valence electrons. The Morgan fingerprint density at radius 1 is 1.45 bits per heavy atom. The number of halogens is 1. The molecule has 0 spiro atoms. The maximum absolute atomic E-state index is 12.4. The van der Waals surface area contributed by atoms with Crippen LogP contribution in [0.4, 0.5) is 0 Å². The van der Waals surface area contributed by atoms with Crippen LogP contribution in [0.2, 0.25) is 5.02 Å². The summed E-state index contributed by atoms with van der Waals surface area (Å²) < 4.78 is 5.66. The molecular formula is C16H20ClNO4. The van der Waals surface area contributed by atoms with Gasteiger partial charge < -0.3 is 14.7 Å². The predicted octanol–water partition coefficient (Wildman–Crippen LogP) is 2.74. The van der Waals surface area contributed by atoms with Gasteiger partial charge in [-0.25, -0.2) is 0 Å². The van der Waals surface area contributed by atoms with Gasteiger partial charge in [0.1, 0.15) is 5.75 Å². The Bertz CT molecular complexity index is 604. The number of hydrogen-bond donors (Lipinski definition) is 1. The number of carboxylic acids is 1. The van der Waals surface area contributed by atoms with Crippen LogP contribution < -0.4 is 4.74 Å². The number of aliphatic carboxylic acids is 1. The van der Waals surface area contributed by atoms with Crippen molar-refractivity contribution in [2.75, 3.05) is 13.1 Å². The predicted molar refractivity (Wildman–Crippen MR) is 83.2 cm³/mol. The fraction of sp³-hybridized carbons (Fsp3) is 0.500. The second-order valence-electron chi connectivity index (χ2n) is 6.07. The molecule has 0 aliphatic carbocycles. The van der Waals surface area contributed by atoms with Gasteiger partial charge in [-0.2, -0.15) is 0 Å². The van der Waals surface area contributed by atoms with E-state index in [-0.39, 0.29) is 12.5 Å². The SMILES string of the molecule is Cc1ccc(Cl)c(OC(C)C(=O)N2CCC(C)(C(=O)O)C2)c1. The number of carboxylic acid groups (broad SMARTS) is 1. The highest BCUT2D eigenvalue weighted by Crippen LogP contribution is 2.31. The quantitative estimate of drug-likeness (QED) is 0.924. The first-order valence-electron chi connectivity index (χ1n) is 7.18. The van der Waals surface area contributed by atoms with E-state index in [1.165, 1.54) is 0 Å². The standard InChI is InChI=1S/C16H20ClNO4/c1-10-4-5-12(17)13(8-10)22-11(2)14(19)18-7-6-16(3,9-18)15(20)21/h4-5,8,11H,6-7,9H2,1-3H3,(H,20,21). The molecule has 1 aliphatic rings. The number of likely N-dealkylation sites (tertiary alicyclic amines) is 1. The summed E-state index contributed by atoms with van der Waals surface area (Å²) in [5, 5.41) is 9.67. The van der Waals surface area contributed by atoms with Crippen LogP contribution in [-0.4, -0.2) is 41.1 Å². The van der Waals surface area contributed by atoms with Crippen molar-refractivity contribution in [1.82, 2.24) is 4.90 Å². The van der Waals surface area contributed by atoms with E-state index in [0.29, 0.717) is 23.7 Å². The smallest absolute Gasteiger partial charge is 0.311 e. The van der Waals surface area contributed by atoms with E-state index in [4.69, 9.17) is 16.3 Å². The topological polar surface area (TPSA) is 66.8 Å². The van der Waals surface area contributed by atoms with Crippen molar-refractivity contribution in [2.24, 2.45) is 5.41 Å². The highest BCUT2D eigenvalue weighted by molar-refractivity contribution is 6.32. The van der Waals surface area contributed by atoms with Crippen molar-refractivity contribution in [1.29, 1.82) is 0 Å². The Labute approximate surface area is 134 Å². The van der Waals surface area contributed by atoms with Gasteiger partial charge in [0.25, 0.3) is 5.91 Å². The fourth-order valence-corrected chi connectivity index (χ4v) is 2.68. The second-order valence-corrected chi connectivity index (χ2v) is 6.48. The summed E-state index contributed by atoms with van der Waals surface area (Å²) in [7, 11) is 0. The normalized spacial score (nSPS) is 22.5. The van der Waals surface area contributed by atoms with E-state index >= 15 is 0 Å². The maximum atomic E-state index is 12.4. The molecule has 2 unspecified atom stereocenters. The molecule has 22 heavy (non-hydrogen) atoms. The van der Waals surface area contributed by atoms with E-state index in [9.17, 15) is 14.7 Å². The first-order chi connectivity index (χ1) is 10.2. The van der Waals surface area contributed by atoms with Gasteiger partial charge in [-0.3, -0.25) is 9.59 Å². The van der Waals surface area contributed by atoms with Crippen LogP contribution in [0, 0.1) is 12.3 Å². The van der Waals surface area contributed by atoms with Crippen molar-refractivity contribution in [3.8, 4) is 5.75 Å². The van der Waals surface area contributed by atoms with Gasteiger partial charge in [-0.05, 0) is 44.9 Å². The van der Waals surface area contributed by atoms with Gasteiger partial charge in [0.15, 0.2) is 6.10 Å². The molecule has 0 aromatic heterocycles. The zero-order chi connectivity index (χ0) is 16.5. The van der Waals surface area contributed by atoms with Gasteiger partial charge >= 0.3 is 5.97 Å². The maximum Gasteiger partial charge on any atom is 0.311 e. The Balaban J connectivity index is 2.04. The Morgan fingerprint density at radius 2 is 2.14 bits per heavy atom. The van der Waals surface area contributed by atoms with E-state index in [1.54, 1.807) is 30.9 Å². The number of nitrogens with zero attached hydrogens (tertiary/aromatic N) is 1. The molecular weight excluding hydrogens is 306 g/mol. The molecule has 1 amide bonds. The molecule has 6 heteroatoms. The summed E-state index contributed by atoms with van der Waals surface area (Å²) in [4.78, 5) is 25.2. The molecule has 2 atom stereocenters. The summed E-state index contributed by atoms with van der Waals surface area (Å²) in [5.41, 5.74) is 0.106. The number of rotatable bonds is 4. The van der Waals surface area contributed by atoms with Crippen LogP contribution in [-0.2, 0) is 9.59 Å². The summed E-state index contributed by atoms with van der Waals surface area (Å²) >= 11 is 6.06. The average Bonchev–Trinajstić information content (AvgIpc) is 2.86. The van der Waals surface area contributed by atoms with Gasteiger partial charge in [0, 0.05) is 13.1 Å². The Kier molecular flexibility index (Phi) is 4.66. The molecule has 5 nitrogen and oxygen atoms in total. The summed E-state index contributed by atoms with van der Waals surface area (Å²) in [5.74, 6) is -0.636. The summed E-state index contributed by atoms with van der Waals surface area (Å²) in [6.45, 7) is 5.85. The van der Waals surface area contributed by atoms with E-state index < -0.39 is 17.5 Å². The third kappa shape index (κ3) is 3.35. The number of amides is 1. The lowest BCUT2D eigenvalue weighted by molar-refractivity contribution is -0.147. The third-order valence-corrected chi connectivity index (χ3v) is 4.35. The van der Waals surface area contributed by atoms with Crippen molar-refractivity contribution in [3.05, 3.63) is 28.8 Å². The van der Waals surface area contributed by atoms with Crippen LogP contribution >= 0.6 is 11.6 Å². The highest BCUT2D eigenvalue weighted by atomic mass is 35.5. The summed E-state index contributed by atoms with van der Waals surface area (Å²) in [6, 6.07) is 5.36. The number of hydrogen-bond acceptors (Lipinski definition) is 3. The minimum atomic E-state index is -0.879. The Morgan fingerprint density at radius 3 is 2.73 bits per heavy atom. The lowest BCUT2D eigenvalue weighted by Gasteiger charge is -2.24. The van der Waals surface area contributed by atoms with Crippen LogP contribution in [0.25, 0.3) is 0 Å².